The van der Waals surface area contributed by atoms with Crippen LogP contribution in [0.25, 0.3) is 21.8 Å². The van der Waals surface area contributed by atoms with Crippen LogP contribution in [0.5, 0.6) is 5.75 Å². The Bertz CT molecular complexity index is 911. The van der Waals surface area contributed by atoms with E-state index in [0.717, 1.165) is 16.8 Å². The molecule has 4 rings (SSSR count). The molecule has 21 heavy (non-hydrogen) atoms. The monoisotopic (exact) mass is 274 g/mol. The summed E-state index contributed by atoms with van der Waals surface area (Å²) >= 11 is 0. The summed E-state index contributed by atoms with van der Waals surface area (Å²) in [7, 11) is 0. The molecular formula is C18H14N2O. The number of hydrogen-bond acceptors (Lipinski definition) is 2. The van der Waals surface area contributed by atoms with Gasteiger partial charge in [0.1, 0.15) is 5.75 Å². The van der Waals surface area contributed by atoms with Crippen LogP contribution < -0.4 is 4.74 Å². The van der Waals surface area contributed by atoms with E-state index in [1.807, 2.05) is 53.4 Å². The number of aromatic nitrogens is 2. The van der Waals surface area contributed by atoms with E-state index in [9.17, 15) is 0 Å². The molecule has 3 heteroatoms. The lowest BCUT2D eigenvalue weighted by Crippen LogP contribution is -2.03. The molecule has 4 aromatic rings. The summed E-state index contributed by atoms with van der Waals surface area (Å²) in [6.45, 7) is 0.457. The topological polar surface area (TPSA) is 27.1 Å². The molecule has 0 spiro atoms. The second-order valence-corrected chi connectivity index (χ2v) is 4.99. The van der Waals surface area contributed by atoms with E-state index in [-0.39, 0.29) is 0 Å². The average molecular weight is 274 g/mol. The molecule has 0 fully saturated rings. The molecule has 0 aliphatic carbocycles. The molecular weight excluding hydrogens is 260 g/mol. The SMILES string of the molecule is c1ccc2cc(OCn3cnc4ccccc43)ccc2c1. The van der Waals surface area contributed by atoms with Gasteiger partial charge in [-0.05, 0) is 35.0 Å². The van der Waals surface area contributed by atoms with Crippen LogP contribution in [0.15, 0.2) is 73.1 Å². The molecule has 3 aromatic carbocycles. The molecule has 0 saturated heterocycles. The zero-order valence-corrected chi connectivity index (χ0v) is 11.4. The van der Waals surface area contributed by atoms with Crippen LogP contribution in [0.4, 0.5) is 0 Å². The van der Waals surface area contributed by atoms with E-state index in [1.165, 1.54) is 10.8 Å². The van der Waals surface area contributed by atoms with Crippen molar-refractivity contribution in [3.05, 3.63) is 73.1 Å². The maximum Gasteiger partial charge on any atom is 0.166 e. The fourth-order valence-electron chi connectivity index (χ4n) is 2.51. The van der Waals surface area contributed by atoms with Gasteiger partial charge in [0.15, 0.2) is 6.73 Å². The van der Waals surface area contributed by atoms with E-state index < -0.39 is 0 Å². The van der Waals surface area contributed by atoms with Gasteiger partial charge in [0.2, 0.25) is 0 Å². The zero-order valence-electron chi connectivity index (χ0n) is 11.4. The Balaban J connectivity index is 1.60. The third-order valence-corrected chi connectivity index (χ3v) is 3.62. The lowest BCUT2D eigenvalue weighted by molar-refractivity contribution is 0.241. The third kappa shape index (κ3) is 2.23. The Kier molecular flexibility index (Phi) is 2.82. The van der Waals surface area contributed by atoms with E-state index in [4.69, 9.17) is 4.74 Å². The molecule has 0 aliphatic heterocycles. The molecule has 3 nitrogen and oxygen atoms in total. The second kappa shape index (κ2) is 4.94. The molecule has 102 valence electrons. The lowest BCUT2D eigenvalue weighted by atomic mass is 10.1. The Labute approximate surface area is 122 Å². The van der Waals surface area contributed by atoms with Crippen LogP contribution in [-0.4, -0.2) is 9.55 Å². The van der Waals surface area contributed by atoms with Gasteiger partial charge in [-0.2, -0.15) is 0 Å². The van der Waals surface area contributed by atoms with Gasteiger partial charge in [-0.25, -0.2) is 4.98 Å². The number of ether oxygens (including phenoxy) is 1. The molecule has 0 N–H and O–H groups in total. The normalized spacial score (nSPS) is 11.0. The van der Waals surface area contributed by atoms with E-state index in [0.29, 0.717) is 6.73 Å². The molecule has 0 saturated carbocycles. The average Bonchev–Trinajstić information content (AvgIpc) is 2.96. The van der Waals surface area contributed by atoms with Crippen molar-refractivity contribution >= 4 is 21.8 Å². The van der Waals surface area contributed by atoms with E-state index >= 15 is 0 Å². The predicted octanol–water partition coefficient (Wildman–Crippen LogP) is 4.23. The molecule has 0 bridgehead atoms. The largest absolute Gasteiger partial charge is 0.473 e. The smallest absolute Gasteiger partial charge is 0.166 e. The first-order chi connectivity index (χ1) is 10.4. The first-order valence-electron chi connectivity index (χ1n) is 6.92. The van der Waals surface area contributed by atoms with Gasteiger partial charge in [0.25, 0.3) is 0 Å². The molecule has 0 unspecified atom stereocenters. The first kappa shape index (κ1) is 12.0. The minimum Gasteiger partial charge on any atom is -0.473 e. The summed E-state index contributed by atoms with van der Waals surface area (Å²) in [6.07, 6.45) is 1.81. The maximum atomic E-state index is 5.89. The Morgan fingerprint density at radius 2 is 1.67 bits per heavy atom. The third-order valence-electron chi connectivity index (χ3n) is 3.62. The van der Waals surface area contributed by atoms with Gasteiger partial charge in [0, 0.05) is 0 Å². The minimum atomic E-state index is 0.457. The summed E-state index contributed by atoms with van der Waals surface area (Å²) in [6, 6.07) is 22.5. The van der Waals surface area contributed by atoms with Crippen LogP contribution in [0.2, 0.25) is 0 Å². The minimum absolute atomic E-state index is 0.457. The summed E-state index contributed by atoms with van der Waals surface area (Å²) in [5, 5.41) is 2.41. The van der Waals surface area contributed by atoms with Crippen molar-refractivity contribution < 1.29 is 4.74 Å². The van der Waals surface area contributed by atoms with Crippen LogP contribution in [0.3, 0.4) is 0 Å². The lowest BCUT2D eigenvalue weighted by Gasteiger charge is -2.08. The number of rotatable bonds is 3. The highest BCUT2D eigenvalue weighted by Crippen LogP contribution is 2.21. The second-order valence-electron chi connectivity index (χ2n) is 4.99. The summed E-state index contributed by atoms with van der Waals surface area (Å²) in [4.78, 5) is 4.36. The summed E-state index contributed by atoms with van der Waals surface area (Å²) in [5.74, 6) is 0.867. The van der Waals surface area contributed by atoms with Gasteiger partial charge in [-0.3, -0.25) is 4.57 Å². The van der Waals surface area contributed by atoms with Gasteiger partial charge in [0.05, 0.1) is 17.4 Å². The van der Waals surface area contributed by atoms with Crippen LogP contribution in [0, 0.1) is 0 Å². The van der Waals surface area contributed by atoms with Gasteiger partial charge in [-0.15, -0.1) is 0 Å². The van der Waals surface area contributed by atoms with Gasteiger partial charge < -0.3 is 4.74 Å². The quantitative estimate of drug-likeness (QED) is 0.559. The molecule has 1 heterocycles. The van der Waals surface area contributed by atoms with E-state index in [2.05, 4.69) is 29.2 Å². The standard InChI is InChI=1S/C18H14N2O/c1-2-6-15-11-16(10-9-14(15)5-1)21-13-20-12-19-17-7-3-4-8-18(17)20/h1-12H,13H2. The van der Waals surface area contributed by atoms with E-state index in [1.54, 1.807) is 0 Å². The first-order valence-corrected chi connectivity index (χ1v) is 6.92. The maximum absolute atomic E-state index is 5.89. The van der Waals surface area contributed by atoms with Crippen LogP contribution >= 0.6 is 0 Å². The highest BCUT2D eigenvalue weighted by Gasteiger charge is 2.02. The number of nitrogens with zero attached hydrogens (tertiary/aromatic N) is 2. The Hall–Kier alpha value is -2.81. The molecule has 1 aromatic heterocycles. The van der Waals surface area contributed by atoms with Crippen molar-refractivity contribution in [1.29, 1.82) is 0 Å². The molecule has 0 amide bonds. The van der Waals surface area contributed by atoms with Crippen molar-refractivity contribution in [3.63, 3.8) is 0 Å². The fraction of sp³-hybridized carbons (Fsp3) is 0.0556. The number of benzene rings is 3. The number of imidazole rings is 1. The fourth-order valence-corrected chi connectivity index (χ4v) is 2.51. The molecule has 0 aliphatic rings. The van der Waals surface area contributed by atoms with Gasteiger partial charge >= 0.3 is 0 Å². The Morgan fingerprint density at radius 1 is 0.857 bits per heavy atom. The van der Waals surface area contributed by atoms with Crippen LogP contribution in [0.1, 0.15) is 0 Å². The number of para-hydroxylation sites is 2. The predicted molar refractivity (Wildman–Crippen MR) is 84.3 cm³/mol. The molecule has 0 atom stereocenters. The van der Waals surface area contributed by atoms with Crippen molar-refractivity contribution in [2.45, 2.75) is 6.73 Å². The summed E-state index contributed by atoms with van der Waals surface area (Å²) in [5.41, 5.74) is 2.07. The highest BCUT2D eigenvalue weighted by atomic mass is 16.5. The van der Waals surface area contributed by atoms with Crippen molar-refractivity contribution in [2.24, 2.45) is 0 Å². The number of hydrogen-bond donors (Lipinski definition) is 0. The van der Waals surface area contributed by atoms with Gasteiger partial charge in [-0.1, -0.05) is 42.5 Å². The zero-order chi connectivity index (χ0) is 14.1. The number of fused-ring (bicyclic) bond motifs is 2. The molecule has 0 radical (unpaired) electrons. The Morgan fingerprint density at radius 3 is 2.62 bits per heavy atom. The highest BCUT2D eigenvalue weighted by molar-refractivity contribution is 5.83. The summed E-state index contributed by atoms with van der Waals surface area (Å²) < 4.78 is 7.89. The van der Waals surface area contributed by atoms with Crippen molar-refractivity contribution in [2.75, 3.05) is 0 Å². The van der Waals surface area contributed by atoms with Crippen molar-refractivity contribution in [1.82, 2.24) is 9.55 Å². The van der Waals surface area contributed by atoms with Crippen molar-refractivity contribution in [3.8, 4) is 5.75 Å². The van der Waals surface area contributed by atoms with Crippen LogP contribution in [-0.2, 0) is 6.73 Å².